The molecule has 1 aromatic rings. The van der Waals surface area contributed by atoms with Gasteiger partial charge in [0.05, 0.1) is 13.2 Å². The highest BCUT2D eigenvalue weighted by Crippen LogP contribution is 2.25. The Bertz CT molecular complexity index is 641. The molecule has 1 aliphatic rings. The van der Waals surface area contributed by atoms with Crippen LogP contribution < -0.4 is 5.32 Å². The molecule has 150 valence electrons. The summed E-state index contributed by atoms with van der Waals surface area (Å²) in [4.78, 5) is 4.44. The van der Waals surface area contributed by atoms with E-state index in [-0.39, 0.29) is 0 Å². The quantitative estimate of drug-likeness (QED) is 0.338. The number of fused-ring (bicyclic) bond motifs is 1. The molecule has 1 aromatic heterocycles. The van der Waals surface area contributed by atoms with Crippen LogP contribution in [0.25, 0.3) is 0 Å². The molecule has 0 saturated carbocycles. The van der Waals surface area contributed by atoms with E-state index in [1.54, 1.807) is 6.92 Å². The van der Waals surface area contributed by atoms with E-state index in [2.05, 4.69) is 29.5 Å². The van der Waals surface area contributed by atoms with Crippen molar-refractivity contribution in [3.05, 3.63) is 59.8 Å². The monoisotopic (exact) mass is 376 g/mol. The third-order valence-corrected chi connectivity index (χ3v) is 4.01. The van der Waals surface area contributed by atoms with E-state index in [9.17, 15) is 4.39 Å². The van der Waals surface area contributed by atoms with E-state index < -0.39 is 5.83 Å². The van der Waals surface area contributed by atoms with Crippen molar-refractivity contribution < 1.29 is 13.9 Å². The van der Waals surface area contributed by atoms with Gasteiger partial charge in [0.25, 0.3) is 0 Å². The van der Waals surface area contributed by atoms with Crippen LogP contribution in [-0.2, 0) is 22.3 Å². The second-order valence-electron chi connectivity index (χ2n) is 6.13. The molecule has 0 bridgehead atoms. The van der Waals surface area contributed by atoms with E-state index >= 15 is 0 Å². The first-order chi connectivity index (χ1) is 13.1. The smallest absolute Gasteiger partial charge is 0.129 e. The van der Waals surface area contributed by atoms with Crippen molar-refractivity contribution in [2.45, 2.75) is 46.5 Å². The molecule has 5 heteroatoms. The number of rotatable bonds is 10. The zero-order valence-corrected chi connectivity index (χ0v) is 16.9. The number of pyridine rings is 1. The summed E-state index contributed by atoms with van der Waals surface area (Å²) in [5, 5.41) is 3.35. The fourth-order valence-electron chi connectivity index (χ4n) is 2.80. The molecule has 1 heterocycles. The molecule has 1 N–H and O–H groups in total. The number of nitrogens with zero attached hydrogens (tertiary/aromatic N) is 1. The standard InChI is InChI=1S/C20H27FN2O2.C2H6/c1-15(2)19(14-16(3)21)25-13-12-24-11-10-23-20-18-7-5-4-6-17(18)8-9-22-20;1-2/h8-9,14H,1,3-7,10-13H2,2H3,(H,22,23);1-2H3/b19-14+;. The van der Waals surface area contributed by atoms with Gasteiger partial charge in [-0.2, -0.15) is 0 Å². The Kier molecular flexibility index (Phi) is 11.1. The molecule has 0 amide bonds. The summed E-state index contributed by atoms with van der Waals surface area (Å²) in [7, 11) is 0. The molecular weight excluding hydrogens is 343 g/mol. The minimum Gasteiger partial charge on any atom is -0.491 e. The normalized spacial score (nSPS) is 13.1. The number of nitrogens with one attached hydrogen (secondary N) is 1. The van der Waals surface area contributed by atoms with Gasteiger partial charge in [-0.1, -0.05) is 27.0 Å². The van der Waals surface area contributed by atoms with Gasteiger partial charge in [-0.25, -0.2) is 9.37 Å². The first kappa shape index (κ1) is 22.9. The molecule has 0 aromatic carbocycles. The van der Waals surface area contributed by atoms with Crippen molar-refractivity contribution >= 4 is 5.82 Å². The Hall–Kier alpha value is -2.14. The van der Waals surface area contributed by atoms with Gasteiger partial charge in [0.2, 0.25) is 0 Å². The van der Waals surface area contributed by atoms with Crippen LogP contribution in [0.5, 0.6) is 0 Å². The first-order valence-corrected chi connectivity index (χ1v) is 9.71. The summed E-state index contributed by atoms with van der Waals surface area (Å²) in [5.41, 5.74) is 3.41. The predicted octanol–water partition coefficient (Wildman–Crippen LogP) is 5.37. The van der Waals surface area contributed by atoms with E-state index in [0.29, 0.717) is 37.7 Å². The Morgan fingerprint density at radius 2 is 1.96 bits per heavy atom. The Labute approximate surface area is 163 Å². The van der Waals surface area contributed by atoms with Crippen molar-refractivity contribution in [2.75, 3.05) is 31.7 Å². The number of hydrogen-bond acceptors (Lipinski definition) is 4. The van der Waals surface area contributed by atoms with Crippen LogP contribution in [0, 0.1) is 0 Å². The lowest BCUT2D eigenvalue weighted by molar-refractivity contribution is 0.0833. The highest BCUT2D eigenvalue weighted by Gasteiger charge is 2.13. The van der Waals surface area contributed by atoms with Crippen molar-refractivity contribution in [1.82, 2.24) is 4.98 Å². The molecule has 0 saturated heterocycles. The Balaban J connectivity index is 0.00000176. The van der Waals surface area contributed by atoms with Crippen LogP contribution in [-0.4, -0.2) is 31.3 Å². The molecule has 0 radical (unpaired) electrons. The number of hydrogen-bond donors (Lipinski definition) is 1. The summed E-state index contributed by atoms with van der Waals surface area (Å²) >= 11 is 0. The summed E-state index contributed by atoms with van der Waals surface area (Å²) in [6, 6.07) is 2.12. The molecule has 0 aliphatic heterocycles. The SMILES string of the molecule is C=C(F)/C=C(/OCCOCCNc1nccc2c1CCCC2)C(=C)C.CC. The zero-order valence-electron chi connectivity index (χ0n) is 16.9. The number of ether oxygens (including phenoxy) is 2. The second kappa shape index (κ2) is 13.1. The number of aromatic nitrogens is 1. The Morgan fingerprint density at radius 3 is 2.67 bits per heavy atom. The number of halogens is 1. The maximum Gasteiger partial charge on any atom is 0.129 e. The average molecular weight is 377 g/mol. The molecule has 4 nitrogen and oxygen atoms in total. The predicted molar refractivity (Wildman–Crippen MR) is 111 cm³/mol. The van der Waals surface area contributed by atoms with Crippen LogP contribution >= 0.6 is 0 Å². The Morgan fingerprint density at radius 1 is 1.22 bits per heavy atom. The maximum absolute atomic E-state index is 12.8. The van der Waals surface area contributed by atoms with Gasteiger partial charge in [0.1, 0.15) is 24.0 Å². The van der Waals surface area contributed by atoms with Crippen molar-refractivity contribution in [1.29, 1.82) is 0 Å². The third-order valence-electron chi connectivity index (χ3n) is 4.01. The fraction of sp³-hybridized carbons (Fsp3) is 0.500. The summed E-state index contributed by atoms with van der Waals surface area (Å²) in [5.74, 6) is 0.821. The molecule has 0 atom stereocenters. The number of aryl methyl sites for hydroxylation is 1. The van der Waals surface area contributed by atoms with Crippen LogP contribution in [0.2, 0.25) is 0 Å². The largest absolute Gasteiger partial charge is 0.491 e. The molecular formula is C22H33FN2O2. The number of allylic oxidation sites excluding steroid dienone is 3. The lowest BCUT2D eigenvalue weighted by Gasteiger charge is -2.19. The van der Waals surface area contributed by atoms with E-state index in [1.165, 1.54) is 30.0 Å². The minimum absolute atomic E-state index is 0.338. The van der Waals surface area contributed by atoms with Gasteiger partial charge >= 0.3 is 0 Å². The summed E-state index contributed by atoms with van der Waals surface area (Å²) in [6.45, 7) is 14.7. The van der Waals surface area contributed by atoms with Crippen LogP contribution in [0.1, 0.15) is 44.7 Å². The topological polar surface area (TPSA) is 43.4 Å². The highest BCUT2D eigenvalue weighted by molar-refractivity contribution is 5.49. The zero-order chi connectivity index (χ0) is 20.1. The molecule has 2 rings (SSSR count). The van der Waals surface area contributed by atoms with Gasteiger partial charge in [-0.3, -0.25) is 0 Å². The van der Waals surface area contributed by atoms with Crippen molar-refractivity contribution in [3.63, 3.8) is 0 Å². The lowest BCUT2D eigenvalue weighted by atomic mass is 9.92. The van der Waals surface area contributed by atoms with Crippen molar-refractivity contribution in [3.8, 4) is 0 Å². The van der Waals surface area contributed by atoms with Crippen molar-refractivity contribution in [2.24, 2.45) is 0 Å². The van der Waals surface area contributed by atoms with Gasteiger partial charge in [-0.15, -0.1) is 0 Å². The van der Waals surface area contributed by atoms with Crippen LogP contribution in [0.3, 0.4) is 0 Å². The van der Waals surface area contributed by atoms with E-state index in [1.807, 2.05) is 20.0 Å². The molecule has 0 spiro atoms. The third kappa shape index (κ3) is 8.39. The second-order valence-corrected chi connectivity index (χ2v) is 6.13. The molecule has 0 fully saturated rings. The average Bonchev–Trinajstić information content (AvgIpc) is 2.67. The summed E-state index contributed by atoms with van der Waals surface area (Å²) in [6.07, 6.45) is 7.82. The van der Waals surface area contributed by atoms with Gasteiger partial charge in [0.15, 0.2) is 0 Å². The lowest BCUT2D eigenvalue weighted by Crippen LogP contribution is -2.16. The highest BCUT2D eigenvalue weighted by atomic mass is 19.1. The number of anilines is 1. The van der Waals surface area contributed by atoms with Crippen LogP contribution in [0.15, 0.2) is 48.7 Å². The van der Waals surface area contributed by atoms with Gasteiger partial charge < -0.3 is 14.8 Å². The van der Waals surface area contributed by atoms with E-state index in [0.717, 1.165) is 18.7 Å². The first-order valence-electron chi connectivity index (χ1n) is 9.71. The van der Waals surface area contributed by atoms with Gasteiger partial charge in [0, 0.05) is 18.8 Å². The van der Waals surface area contributed by atoms with Gasteiger partial charge in [-0.05, 0) is 55.4 Å². The molecule has 0 unspecified atom stereocenters. The van der Waals surface area contributed by atoms with Crippen LogP contribution in [0.4, 0.5) is 10.2 Å². The molecule has 1 aliphatic carbocycles. The van der Waals surface area contributed by atoms with E-state index in [4.69, 9.17) is 9.47 Å². The minimum atomic E-state index is -0.554. The fourth-order valence-corrected chi connectivity index (χ4v) is 2.80. The molecule has 27 heavy (non-hydrogen) atoms. The summed E-state index contributed by atoms with van der Waals surface area (Å²) < 4.78 is 23.8. The maximum atomic E-state index is 12.8.